The highest BCUT2D eigenvalue weighted by Crippen LogP contribution is 2.29. The van der Waals surface area contributed by atoms with Gasteiger partial charge in [0.2, 0.25) is 10.6 Å². The molecule has 0 spiro atoms. The van der Waals surface area contributed by atoms with Gasteiger partial charge in [-0.2, -0.15) is 20.0 Å². The van der Waals surface area contributed by atoms with Crippen molar-refractivity contribution in [1.82, 2.24) is 25.1 Å². The second-order valence-corrected chi connectivity index (χ2v) is 6.80. The molecule has 0 radical (unpaired) electrons. The van der Waals surface area contributed by atoms with Crippen molar-refractivity contribution in [3.05, 3.63) is 44.3 Å². The minimum atomic E-state index is 0.138. The van der Waals surface area contributed by atoms with E-state index in [0.717, 1.165) is 35.1 Å². The number of aryl methyl sites for hydroxylation is 1. The Morgan fingerprint density at radius 3 is 3.04 bits per heavy atom. The van der Waals surface area contributed by atoms with Crippen LogP contribution in [0.4, 0.5) is 0 Å². The molecular formula is C15H13BrN6OS. The van der Waals surface area contributed by atoms with Gasteiger partial charge in [0.1, 0.15) is 11.4 Å². The molecule has 2 aromatic heterocycles. The minimum Gasteiger partial charge on any atom is -0.507 e. The number of benzene rings is 1. The smallest absolute Gasteiger partial charge is 0.216 e. The van der Waals surface area contributed by atoms with E-state index in [1.54, 1.807) is 24.4 Å². The molecule has 0 bridgehead atoms. The van der Waals surface area contributed by atoms with Crippen LogP contribution in [0.25, 0.3) is 11.5 Å². The number of H-pyrrole nitrogens is 2. The molecule has 3 N–H and O–H groups in total. The van der Waals surface area contributed by atoms with Crippen molar-refractivity contribution in [2.24, 2.45) is 5.10 Å². The number of halogens is 1. The number of rotatable bonds is 3. The highest BCUT2D eigenvalue weighted by atomic mass is 79.9. The van der Waals surface area contributed by atoms with Gasteiger partial charge in [0, 0.05) is 21.3 Å². The van der Waals surface area contributed by atoms with E-state index < -0.39 is 0 Å². The lowest BCUT2D eigenvalue weighted by atomic mass is 10.2. The lowest BCUT2D eigenvalue weighted by Gasteiger charge is -2.01. The van der Waals surface area contributed by atoms with Crippen molar-refractivity contribution in [3.63, 3.8) is 0 Å². The third-order valence-electron chi connectivity index (χ3n) is 3.97. The van der Waals surface area contributed by atoms with Crippen LogP contribution < -0.4 is 0 Å². The van der Waals surface area contributed by atoms with E-state index in [1.807, 2.05) is 0 Å². The maximum Gasteiger partial charge on any atom is 0.216 e. The first kappa shape index (κ1) is 15.3. The van der Waals surface area contributed by atoms with Crippen molar-refractivity contribution < 1.29 is 5.11 Å². The molecule has 7 nitrogen and oxygen atoms in total. The number of nitrogens with one attached hydrogen (secondary N) is 2. The molecule has 2 heterocycles. The zero-order valence-electron chi connectivity index (χ0n) is 12.5. The first-order chi connectivity index (χ1) is 11.6. The van der Waals surface area contributed by atoms with Crippen molar-refractivity contribution in [2.45, 2.75) is 19.3 Å². The van der Waals surface area contributed by atoms with E-state index in [1.165, 1.54) is 10.2 Å². The summed E-state index contributed by atoms with van der Waals surface area (Å²) in [5, 5.41) is 28.7. The summed E-state index contributed by atoms with van der Waals surface area (Å²) < 4.78 is 2.73. The molecule has 24 heavy (non-hydrogen) atoms. The molecule has 1 aliphatic rings. The van der Waals surface area contributed by atoms with Gasteiger partial charge in [0.25, 0.3) is 0 Å². The lowest BCUT2D eigenvalue weighted by molar-refractivity contribution is 0.474. The molecule has 9 heteroatoms. The van der Waals surface area contributed by atoms with Crippen LogP contribution in [0.15, 0.2) is 27.8 Å². The monoisotopic (exact) mass is 404 g/mol. The Morgan fingerprint density at radius 1 is 1.29 bits per heavy atom. The minimum absolute atomic E-state index is 0.138. The maximum atomic E-state index is 9.92. The molecule has 0 atom stereocenters. The molecule has 0 fully saturated rings. The standard InChI is InChI=1S/C15H13BrN6OS/c16-9-4-5-12(23)8(6-9)7-17-22-14(20-21-15(22)24)13-10-2-1-3-11(10)18-19-13/h4-7,23H,1-3H2,(H,18,19)(H,21,24). The van der Waals surface area contributed by atoms with Gasteiger partial charge in [-0.15, -0.1) is 0 Å². The normalized spacial score (nSPS) is 13.7. The highest BCUT2D eigenvalue weighted by Gasteiger charge is 2.23. The average Bonchev–Trinajstić information content (AvgIpc) is 3.24. The summed E-state index contributed by atoms with van der Waals surface area (Å²) >= 11 is 8.65. The Hall–Kier alpha value is -2.26. The fraction of sp³-hybridized carbons (Fsp3) is 0.200. The van der Waals surface area contributed by atoms with Gasteiger partial charge >= 0.3 is 0 Å². The van der Waals surface area contributed by atoms with Crippen LogP contribution in [-0.4, -0.2) is 36.4 Å². The number of phenols is 1. The van der Waals surface area contributed by atoms with Crippen molar-refractivity contribution in [3.8, 4) is 17.3 Å². The second-order valence-electron chi connectivity index (χ2n) is 5.49. The Balaban J connectivity index is 1.77. The molecule has 0 amide bonds. The highest BCUT2D eigenvalue weighted by molar-refractivity contribution is 9.10. The topological polar surface area (TPSA) is 94.9 Å². The van der Waals surface area contributed by atoms with Gasteiger partial charge in [-0.05, 0) is 49.7 Å². The Bertz CT molecular complexity index is 1000. The van der Waals surface area contributed by atoms with E-state index in [0.29, 0.717) is 16.2 Å². The average molecular weight is 405 g/mol. The summed E-state index contributed by atoms with van der Waals surface area (Å²) in [6, 6.07) is 5.13. The number of fused-ring (bicyclic) bond motifs is 1. The summed E-state index contributed by atoms with van der Waals surface area (Å²) in [6.07, 6.45) is 4.62. The van der Waals surface area contributed by atoms with Crippen LogP contribution in [0.3, 0.4) is 0 Å². The van der Waals surface area contributed by atoms with Crippen LogP contribution in [0.2, 0.25) is 0 Å². The van der Waals surface area contributed by atoms with Crippen LogP contribution >= 0.6 is 28.1 Å². The summed E-state index contributed by atoms with van der Waals surface area (Å²) in [5.41, 5.74) is 3.67. The number of hydrogen-bond acceptors (Lipinski definition) is 5. The fourth-order valence-corrected chi connectivity index (χ4v) is 3.36. The molecule has 1 aliphatic carbocycles. The van der Waals surface area contributed by atoms with Gasteiger partial charge in [-0.1, -0.05) is 15.9 Å². The molecule has 0 unspecified atom stereocenters. The zero-order chi connectivity index (χ0) is 16.7. The van der Waals surface area contributed by atoms with Gasteiger partial charge in [0.15, 0.2) is 0 Å². The van der Waals surface area contributed by atoms with Gasteiger partial charge < -0.3 is 5.11 Å². The van der Waals surface area contributed by atoms with Gasteiger partial charge in [-0.25, -0.2) is 5.10 Å². The largest absolute Gasteiger partial charge is 0.507 e. The Morgan fingerprint density at radius 2 is 2.17 bits per heavy atom. The SMILES string of the molecule is Oc1ccc(Br)cc1C=Nn1c(-c2n[nH]c3c2CCC3)n[nH]c1=S. The third kappa shape index (κ3) is 2.59. The van der Waals surface area contributed by atoms with E-state index >= 15 is 0 Å². The summed E-state index contributed by atoms with van der Waals surface area (Å²) in [7, 11) is 0. The Kier molecular flexibility index (Phi) is 3.81. The van der Waals surface area contributed by atoms with Gasteiger partial charge in [-0.3, -0.25) is 5.10 Å². The number of hydrogen-bond donors (Lipinski definition) is 3. The molecule has 0 saturated carbocycles. The molecule has 0 saturated heterocycles. The van der Waals surface area contributed by atoms with Crippen LogP contribution in [0.5, 0.6) is 5.75 Å². The van der Waals surface area contributed by atoms with Crippen LogP contribution in [-0.2, 0) is 12.8 Å². The molecular weight excluding hydrogens is 392 g/mol. The number of aromatic nitrogens is 5. The molecule has 1 aromatic carbocycles. The fourth-order valence-electron chi connectivity index (χ4n) is 2.81. The summed E-state index contributed by atoms with van der Waals surface area (Å²) in [5.74, 6) is 0.698. The second kappa shape index (κ2) is 5.99. The Labute approximate surface area is 150 Å². The predicted molar refractivity (Wildman–Crippen MR) is 95.8 cm³/mol. The number of aromatic amines is 2. The molecule has 4 rings (SSSR count). The molecule has 0 aliphatic heterocycles. The van der Waals surface area contributed by atoms with Crippen molar-refractivity contribution in [1.29, 1.82) is 0 Å². The zero-order valence-corrected chi connectivity index (χ0v) is 14.9. The van der Waals surface area contributed by atoms with Crippen molar-refractivity contribution in [2.75, 3.05) is 0 Å². The van der Waals surface area contributed by atoms with Crippen molar-refractivity contribution >= 4 is 34.4 Å². The molecule has 3 aromatic rings. The van der Waals surface area contributed by atoms with Gasteiger partial charge in [0.05, 0.1) is 6.21 Å². The quantitative estimate of drug-likeness (QED) is 0.461. The number of phenolic OH excluding ortho intramolecular Hbond substituents is 1. The van der Waals surface area contributed by atoms with E-state index in [-0.39, 0.29) is 5.75 Å². The molecule has 122 valence electrons. The van der Waals surface area contributed by atoms with E-state index in [2.05, 4.69) is 41.4 Å². The predicted octanol–water partition coefficient (Wildman–Crippen LogP) is 3.17. The lowest BCUT2D eigenvalue weighted by Crippen LogP contribution is -1.97. The summed E-state index contributed by atoms with van der Waals surface area (Å²) in [4.78, 5) is 0. The van der Waals surface area contributed by atoms with E-state index in [4.69, 9.17) is 12.2 Å². The van der Waals surface area contributed by atoms with Crippen LogP contribution in [0.1, 0.15) is 23.2 Å². The number of nitrogens with zero attached hydrogens (tertiary/aromatic N) is 4. The first-order valence-electron chi connectivity index (χ1n) is 7.40. The summed E-state index contributed by atoms with van der Waals surface area (Å²) in [6.45, 7) is 0. The number of aromatic hydroxyl groups is 1. The third-order valence-corrected chi connectivity index (χ3v) is 4.73. The maximum absolute atomic E-state index is 9.92. The first-order valence-corrected chi connectivity index (χ1v) is 8.60. The van der Waals surface area contributed by atoms with Crippen LogP contribution in [0, 0.1) is 4.77 Å². The van der Waals surface area contributed by atoms with E-state index in [9.17, 15) is 5.11 Å².